The molecule has 0 fully saturated rings. The van der Waals surface area contributed by atoms with Gasteiger partial charge >= 0.3 is 11.5 Å². The number of aromatic nitrogens is 4. The van der Waals surface area contributed by atoms with Gasteiger partial charge in [-0.1, -0.05) is 50.0 Å². The average molecular weight is 421 g/mol. The van der Waals surface area contributed by atoms with Crippen molar-refractivity contribution in [2.75, 3.05) is 0 Å². The first kappa shape index (κ1) is 18.8. The summed E-state index contributed by atoms with van der Waals surface area (Å²) in [5.74, 6) is 0.950. The lowest BCUT2D eigenvalue weighted by Crippen LogP contribution is -2.39. The molecule has 0 bridgehead atoms. The molecule has 0 aliphatic heterocycles. The van der Waals surface area contributed by atoms with Gasteiger partial charge in [-0.25, -0.2) is 4.79 Å². The van der Waals surface area contributed by atoms with Crippen LogP contribution in [0.1, 0.15) is 32.1 Å². The van der Waals surface area contributed by atoms with Gasteiger partial charge in [0.1, 0.15) is 5.76 Å². The summed E-state index contributed by atoms with van der Waals surface area (Å²) in [5, 5.41) is 0.775. The van der Waals surface area contributed by atoms with Crippen LogP contribution in [0, 0.1) is 0 Å². The quantitative estimate of drug-likeness (QED) is 0.496. The van der Waals surface area contributed by atoms with E-state index in [2.05, 4.69) is 4.98 Å². The van der Waals surface area contributed by atoms with Crippen molar-refractivity contribution < 1.29 is 4.42 Å². The molecule has 0 saturated heterocycles. The number of oxazole rings is 1. The highest BCUT2D eigenvalue weighted by Crippen LogP contribution is 2.27. The number of fused-ring (bicyclic) bond motifs is 3. The maximum absolute atomic E-state index is 13.2. The van der Waals surface area contributed by atoms with E-state index in [0.717, 1.165) is 4.57 Å². The molecule has 4 aromatic rings. The minimum atomic E-state index is -0.509. The van der Waals surface area contributed by atoms with Crippen LogP contribution in [0.3, 0.4) is 0 Å². The highest BCUT2D eigenvalue weighted by molar-refractivity contribution is 6.35. The predicted molar refractivity (Wildman–Crippen MR) is 109 cm³/mol. The number of rotatable bonds is 2. The summed E-state index contributed by atoms with van der Waals surface area (Å²) in [5.41, 5.74) is -0.214. The molecule has 0 radical (unpaired) electrons. The van der Waals surface area contributed by atoms with E-state index in [4.69, 9.17) is 27.6 Å². The van der Waals surface area contributed by atoms with Crippen molar-refractivity contribution in [3.63, 3.8) is 0 Å². The summed E-state index contributed by atoms with van der Waals surface area (Å²) in [6, 6.07) is 5.04. The van der Waals surface area contributed by atoms with Crippen molar-refractivity contribution in [2.45, 2.75) is 32.7 Å². The van der Waals surface area contributed by atoms with Gasteiger partial charge in [0, 0.05) is 28.1 Å². The molecule has 0 N–H and O–H groups in total. The van der Waals surface area contributed by atoms with Gasteiger partial charge in [0.2, 0.25) is 0 Å². The number of aryl methyl sites for hydroxylation is 1. The summed E-state index contributed by atoms with van der Waals surface area (Å²) >= 11 is 12.5. The van der Waals surface area contributed by atoms with E-state index >= 15 is 0 Å². The van der Waals surface area contributed by atoms with Crippen molar-refractivity contribution in [1.82, 2.24) is 18.5 Å². The van der Waals surface area contributed by atoms with Gasteiger partial charge in [-0.15, -0.1) is 0 Å². The minimum Gasteiger partial charge on any atom is -0.428 e. The lowest BCUT2D eigenvalue weighted by Gasteiger charge is -2.13. The second kappa shape index (κ2) is 6.25. The fourth-order valence-corrected chi connectivity index (χ4v) is 3.60. The van der Waals surface area contributed by atoms with Crippen molar-refractivity contribution in [2.24, 2.45) is 7.05 Å². The van der Waals surface area contributed by atoms with Gasteiger partial charge in [0.05, 0.1) is 12.7 Å². The second-order valence-corrected chi connectivity index (χ2v) is 8.53. The Labute approximate surface area is 169 Å². The van der Waals surface area contributed by atoms with Crippen LogP contribution in [-0.4, -0.2) is 18.5 Å². The summed E-state index contributed by atoms with van der Waals surface area (Å²) < 4.78 is 9.82. The van der Waals surface area contributed by atoms with E-state index < -0.39 is 11.2 Å². The van der Waals surface area contributed by atoms with Gasteiger partial charge in [-0.3, -0.25) is 18.3 Å². The molecule has 0 aliphatic carbocycles. The molecular weight excluding hydrogens is 403 g/mol. The Morgan fingerprint density at radius 3 is 2.39 bits per heavy atom. The number of imidazole rings is 1. The fourth-order valence-electron chi connectivity index (χ4n) is 3.08. The van der Waals surface area contributed by atoms with E-state index in [0.29, 0.717) is 21.4 Å². The van der Waals surface area contributed by atoms with Crippen LogP contribution in [0.5, 0.6) is 0 Å². The molecule has 9 heteroatoms. The summed E-state index contributed by atoms with van der Waals surface area (Å²) in [6.07, 6.45) is 1.74. The molecule has 0 unspecified atom stereocenters. The molecule has 0 spiro atoms. The zero-order valence-corrected chi connectivity index (χ0v) is 17.3. The normalized spacial score (nSPS) is 12.4. The van der Waals surface area contributed by atoms with Crippen LogP contribution in [0.4, 0.5) is 0 Å². The molecule has 7 nitrogen and oxygen atoms in total. The Kier molecular flexibility index (Phi) is 4.21. The van der Waals surface area contributed by atoms with Gasteiger partial charge in [0.25, 0.3) is 5.56 Å². The lowest BCUT2D eigenvalue weighted by atomic mass is 9.94. The van der Waals surface area contributed by atoms with Crippen LogP contribution >= 0.6 is 23.2 Å². The van der Waals surface area contributed by atoms with E-state index in [9.17, 15) is 9.59 Å². The summed E-state index contributed by atoms with van der Waals surface area (Å²) in [6.45, 7) is 5.96. The molecule has 3 aromatic heterocycles. The van der Waals surface area contributed by atoms with Crippen molar-refractivity contribution in [3.05, 3.63) is 66.6 Å². The number of halogens is 2. The Morgan fingerprint density at radius 1 is 1.14 bits per heavy atom. The third-order valence-corrected chi connectivity index (χ3v) is 5.42. The van der Waals surface area contributed by atoms with Gasteiger partial charge in [0.15, 0.2) is 11.2 Å². The smallest absolute Gasteiger partial charge is 0.332 e. The van der Waals surface area contributed by atoms with Gasteiger partial charge < -0.3 is 4.42 Å². The number of benzene rings is 1. The van der Waals surface area contributed by atoms with E-state index in [1.807, 2.05) is 20.8 Å². The van der Waals surface area contributed by atoms with Crippen molar-refractivity contribution in [1.29, 1.82) is 0 Å². The first-order valence-corrected chi connectivity index (χ1v) is 9.40. The van der Waals surface area contributed by atoms with E-state index in [1.165, 1.54) is 4.57 Å². The second-order valence-electron chi connectivity index (χ2n) is 7.72. The Balaban J connectivity index is 2.02. The Bertz CT molecular complexity index is 1330. The van der Waals surface area contributed by atoms with Crippen LogP contribution in [0.2, 0.25) is 10.0 Å². The molecule has 4 rings (SSSR count). The predicted octanol–water partition coefficient (Wildman–Crippen LogP) is 3.59. The third kappa shape index (κ3) is 2.77. The van der Waals surface area contributed by atoms with Gasteiger partial charge in [-0.05, 0) is 12.1 Å². The maximum Gasteiger partial charge on any atom is 0.332 e. The fraction of sp³-hybridized carbons (Fsp3) is 0.316. The van der Waals surface area contributed by atoms with E-state index in [1.54, 1.807) is 35.8 Å². The van der Waals surface area contributed by atoms with E-state index in [-0.39, 0.29) is 29.0 Å². The zero-order chi connectivity index (χ0) is 20.4. The summed E-state index contributed by atoms with van der Waals surface area (Å²) in [4.78, 5) is 30.4. The first-order chi connectivity index (χ1) is 13.1. The SMILES string of the molecule is Cn1c(=O)n(Cc2c(Cl)cccc2Cl)c(=O)c2c1nc1oc(C(C)(C)C)cn12. The van der Waals surface area contributed by atoms with Gasteiger partial charge in [-0.2, -0.15) is 4.98 Å². The molecule has 146 valence electrons. The average Bonchev–Trinajstić information content (AvgIpc) is 3.16. The standard InChI is InChI=1S/C19H18Cl2N4O3/c1-19(2,3)13-9-24-14-15(22-17(24)28-13)23(4)18(27)25(16(14)26)8-10-11(20)6-5-7-12(10)21/h5-7,9H,8H2,1-4H3. The monoisotopic (exact) mass is 420 g/mol. The van der Waals surface area contributed by atoms with Crippen LogP contribution < -0.4 is 11.2 Å². The van der Waals surface area contributed by atoms with Crippen LogP contribution in [-0.2, 0) is 19.0 Å². The molecule has 0 saturated carbocycles. The highest BCUT2D eigenvalue weighted by atomic mass is 35.5. The van der Waals surface area contributed by atoms with Crippen molar-refractivity contribution >= 4 is 40.2 Å². The topological polar surface area (TPSA) is 74.4 Å². The minimum absolute atomic E-state index is 0.0445. The largest absolute Gasteiger partial charge is 0.428 e. The highest BCUT2D eigenvalue weighted by Gasteiger charge is 2.24. The number of hydrogen-bond donors (Lipinski definition) is 0. The molecule has 0 amide bonds. The first-order valence-electron chi connectivity index (χ1n) is 8.64. The third-order valence-electron chi connectivity index (χ3n) is 4.71. The molecular formula is C19H18Cl2N4O3. The molecule has 0 aliphatic rings. The van der Waals surface area contributed by atoms with Crippen LogP contribution in [0.15, 0.2) is 38.4 Å². The summed E-state index contributed by atoms with van der Waals surface area (Å²) in [7, 11) is 1.56. The number of nitrogens with zero attached hydrogens (tertiary/aromatic N) is 4. The zero-order valence-electron chi connectivity index (χ0n) is 15.8. The maximum atomic E-state index is 13.2. The Morgan fingerprint density at radius 2 is 1.79 bits per heavy atom. The molecule has 3 heterocycles. The van der Waals surface area contributed by atoms with Crippen molar-refractivity contribution in [3.8, 4) is 0 Å². The molecule has 1 aromatic carbocycles. The lowest BCUT2D eigenvalue weighted by molar-refractivity contribution is 0.425. The molecule has 0 atom stereocenters. The molecule has 28 heavy (non-hydrogen) atoms. The number of hydrogen-bond acceptors (Lipinski definition) is 4. The Hall–Kier alpha value is -2.51. The van der Waals surface area contributed by atoms with Crippen LogP contribution in [0.25, 0.3) is 17.0 Å².